The first-order chi connectivity index (χ1) is 18.6. The zero-order valence-corrected chi connectivity index (χ0v) is 22.3. The van der Waals surface area contributed by atoms with Gasteiger partial charge in [-0.15, -0.1) is 10.2 Å². The molecule has 2 amide bonds. The van der Waals surface area contributed by atoms with E-state index in [0.717, 1.165) is 61.8 Å². The summed E-state index contributed by atoms with van der Waals surface area (Å²) in [5.41, 5.74) is 2.88. The van der Waals surface area contributed by atoms with E-state index in [0.29, 0.717) is 30.6 Å². The summed E-state index contributed by atoms with van der Waals surface area (Å²) in [6.07, 6.45) is 2.05. The van der Waals surface area contributed by atoms with Crippen molar-refractivity contribution < 1.29 is 14.7 Å². The summed E-state index contributed by atoms with van der Waals surface area (Å²) in [6.45, 7) is 5.95. The molecule has 2 N–H and O–H groups in total. The Morgan fingerprint density at radius 2 is 1.61 bits per heavy atom. The van der Waals surface area contributed by atoms with E-state index in [9.17, 15) is 14.7 Å². The Labute approximate surface area is 227 Å². The molecule has 10 heteroatoms. The summed E-state index contributed by atoms with van der Waals surface area (Å²) in [4.78, 5) is 31.7. The highest BCUT2D eigenvalue weighted by Crippen LogP contribution is 2.25. The lowest BCUT2D eigenvalue weighted by atomic mass is 9.97. The van der Waals surface area contributed by atoms with Crippen LogP contribution in [-0.4, -0.2) is 82.8 Å². The molecule has 0 bridgehead atoms. The minimum atomic E-state index is -0.0947. The highest BCUT2D eigenvalue weighted by Gasteiger charge is 2.24. The number of rotatable bonds is 8. The van der Waals surface area contributed by atoms with Gasteiger partial charge in [-0.1, -0.05) is 53.8 Å². The van der Waals surface area contributed by atoms with Crippen molar-refractivity contribution in [3.63, 3.8) is 0 Å². The number of anilines is 2. The molecule has 3 heterocycles. The van der Waals surface area contributed by atoms with Gasteiger partial charge in [0.15, 0.2) is 0 Å². The maximum atomic E-state index is 12.8. The van der Waals surface area contributed by atoms with Gasteiger partial charge in [0, 0.05) is 58.0 Å². The summed E-state index contributed by atoms with van der Waals surface area (Å²) in [5, 5.41) is 22.0. The highest BCUT2D eigenvalue weighted by molar-refractivity contribution is 7.19. The van der Waals surface area contributed by atoms with Gasteiger partial charge in [0.25, 0.3) is 5.91 Å². The fourth-order valence-corrected chi connectivity index (χ4v) is 5.76. The van der Waals surface area contributed by atoms with Crippen LogP contribution in [0, 0.1) is 5.92 Å². The number of aromatic nitrogens is 2. The van der Waals surface area contributed by atoms with E-state index in [2.05, 4.69) is 37.4 Å². The molecule has 2 saturated heterocycles. The van der Waals surface area contributed by atoms with Crippen LogP contribution in [0.3, 0.4) is 0 Å². The normalized spacial score (nSPS) is 17.0. The smallest absolute Gasteiger partial charge is 0.253 e. The number of piperazine rings is 1. The van der Waals surface area contributed by atoms with Crippen molar-refractivity contribution in [3.8, 4) is 0 Å². The number of nitrogens with zero attached hydrogens (tertiary/aromatic N) is 5. The van der Waals surface area contributed by atoms with Crippen molar-refractivity contribution in [1.29, 1.82) is 0 Å². The van der Waals surface area contributed by atoms with Gasteiger partial charge >= 0.3 is 0 Å². The van der Waals surface area contributed by atoms with Crippen LogP contribution < -0.4 is 10.2 Å². The van der Waals surface area contributed by atoms with E-state index in [1.807, 2.05) is 47.4 Å². The van der Waals surface area contributed by atoms with Crippen molar-refractivity contribution in [2.75, 3.05) is 56.1 Å². The van der Waals surface area contributed by atoms with Gasteiger partial charge in [-0.25, -0.2) is 0 Å². The van der Waals surface area contributed by atoms with Crippen molar-refractivity contribution in [2.24, 2.45) is 5.92 Å². The first-order valence-electron chi connectivity index (χ1n) is 13.2. The second-order valence-corrected chi connectivity index (χ2v) is 10.9. The Morgan fingerprint density at radius 3 is 2.29 bits per heavy atom. The molecule has 1 aromatic heterocycles. The van der Waals surface area contributed by atoms with Gasteiger partial charge < -0.3 is 20.2 Å². The molecule has 0 atom stereocenters. The molecule has 0 saturated carbocycles. The van der Waals surface area contributed by atoms with Gasteiger partial charge in [0.1, 0.15) is 0 Å². The van der Waals surface area contributed by atoms with Crippen LogP contribution in [0.2, 0.25) is 0 Å². The molecule has 2 aliphatic heterocycles. The number of carbonyl (C=O) groups excluding carboxylic acids is 2. The summed E-state index contributed by atoms with van der Waals surface area (Å²) in [6, 6.07) is 17.6. The molecular formula is C28H34N6O3S. The van der Waals surface area contributed by atoms with Crippen molar-refractivity contribution in [3.05, 3.63) is 71.3 Å². The molecule has 3 aromatic rings. The van der Waals surface area contributed by atoms with E-state index in [1.54, 1.807) is 0 Å². The third kappa shape index (κ3) is 6.75. The number of benzene rings is 2. The Hall–Kier alpha value is -3.34. The topological polar surface area (TPSA) is 102 Å². The van der Waals surface area contributed by atoms with E-state index in [4.69, 9.17) is 0 Å². The first-order valence-corrected chi connectivity index (χ1v) is 14.0. The zero-order chi connectivity index (χ0) is 26.3. The first kappa shape index (κ1) is 26.3. The third-order valence-corrected chi connectivity index (χ3v) is 8.18. The maximum absolute atomic E-state index is 12.8. The SMILES string of the molecule is O=C(Cc1ccccc1)Nc1nnc(N2CCN(Cc3ccc(C(=O)N4CCC(CO)CC4)cc3)CC2)s1. The minimum Gasteiger partial charge on any atom is -0.396 e. The lowest BCUT2D eigenvalue weighted by Crippen LogP contribution is -2.46. The Kier molecular flexibility index (Phi) is 8.62. The van der Waals surface area contributed by atoms with Crippen LogP contribution in [0.15, 0.2) is 54.6 Å². The maximum Gasteiger partial charge on any atom is 0.253 e. The molecule has 0 aliphatic carbocycles. The van der Waals surface area contributed by atoms with Gasteiger partial charge in [0.2, 0.25) is 16.2 Å². The number of nitrogens with one attached hydrogen (secondary N) is 1. The number of aliphatic hydroxyl groups is 1. The molecule has 200 valence electrons. The van der Waals surface area contributed by atoms with Gasteiger partial charge in [-0.3, -0.25) is 14.5 Å². The van der Waals surface area contributed by atoms with Crippen LogP contribution >= 0.6 is 11.3 Å². The zero-order valence-electron chi connectivity index (χ0n) is 21.5. The Morgan fingerprint density at radius 1 is 0.895 bits per heavy atom. The molecule has 5 rings (SSSR count). The fraction of sp³-hybridized carbons (Fsp3) is 0.429. The van der Waals surface area contributed by atoms with Crippen LogP contribution in [0.5, 0.6) is 0 Å². The number of amides is 2. The van der Waals surface area contributed by atoms with E-state index in [-0.39, 0.29) is 18.4 Å². The van der Waals surface area contributed by atoms with E-state index in [1.165, 1.54) is 16.9 Å². The molecule has 0 unspecified atom stereocenters. The van der Waals surface area contributed by atoms with Crippen LogP contribution in [0.4, 0.5) is 10.3 Å². The predicted molar refractivity (Wildman–Crippen MR) is 148 cm³/mol. The lowest BCUT2D eigenvalue weighted by molar-refractivity contribution is -0.115. The average Bonchev–Trinajstić information content (AvgIpc) is 3.42. The molecule has 0 spiro atoms. The number of likely N-dealkylation sites (tertiary alicyclic amines) is 1. The van der Waals surface area contributed by atoms with E-state index >= 15 is 0 Å². The average molecular weight is 535 g/mol. The van der Waals surface area contributed by atoms with Gasteiger partial charge in [-0.05, 0) is 42.0 Å². The summed E-state index contributed by atoms with van der Waals surface area (Å²) in [7, 11) is 0. The van der Waals surface area contributed by atoms with Crippen molar-refractivity contribution in [1.82, 2.24) is 20.0 Å². The number of hydrogen-bond acceptors (Lipinski definition) is 8. The minimum absolute atomic E-state index is 0.0780. The molecular weight excluding hydrogens is 500 g/mol. The Balaban J connectivity index is 1.06. The van der Waals surface area contributed by atoms with Gasteiger partial charge in [-0.2, -0.15) is 0 Å². The predicted octanol–water partition coefficient (Wildman–Crippen LogP) is 2.89. The molecule has 0 radical (unpaired) electrons. The summed E-state index contributed by atoms with van der Waals surface area (Å²) in [5.74, 6) is 0.304. The molecule has 9 nitrogen and oxygen atoms in total. The third-order valence-electron chi connectivity index (χ3n) is 7.28. The van der Waals surface area contributed by atoms with Crippen molar-refractivity contribution in [2.45, 2.75) is 25.8 Å². The molecule has 2 fully saturated rings. The van der Waals surface area contributed by atoms with Crippen molar-refractivity contribution >= 4 is 33.4 Å². The molecule has 2 aliphatic rings. The number of hydrogen-bond donors (Lipinski definition) is 2. The second kappa shape index (κ2) is 12.5. The number of carbonyl (C=O) groups is 2. The largest absolute Gasteiger partial charge is 0.396 e. The lowest BCUT2D eigenvalue weighted by Gasteiger charge is -2.34. The van der Waals surface area contributed by atoms with Gasteiger partial charge in [0.05, 0.1) is 6.42 Å². The number of aliphatic hydroxyl groups excluding tert-OH is 1. The van der Waals surface area contributed by atoms with Crippen LogP contribution in [0.25, 0.3) is 0 Å². The monoisotopic (exact) mass is 534 g/mol. The van der Waals surface area contributed by atoms with Crippen LogP contribution in [0.1, 0.15) is 34.3 Å². The number of piperidine rings is 1. The highest BCUT2D eigenvalue weighted by atomic mass is 32.1. The molecule has 38 heavy (non-hydrogen) atoms. The van der Waals surface area contributed by atoms with Crippen LogP contribution in [-0.2, 0) is 17.8 Å². The molecule has 2 aromatic carbocycles. The summed E-state index contributed by atoms with van der Waals surface area (Å²) >= 11 is 1.41. The quantitative estimate of drug-likeness (QED) is 0.458. The second-order valence-electron chi connectivity index (χ2n) is 9.98. The summed E-state index contributed by atoms with van der Waals surface area (Å²) < 4.78 is 0. The van der Waals surface area contributed by atoms with E-state index < -0.39 is 0 Å². The standard InChI is InChI=1S/C28H34N6O3S/c35-20-23-10-12-33(13-11-23)26(37)24-8-6-22(7-9-24)19-32-14-16-34(17-15-32)28-31-30-27(38-28)29-25(36)18-21-4-2-1-3-5-21/h1-9,23,35H,10-20H2,(H,29,30,36). The fourth-order valence-electron chi connectivity index (χ4n) is 4.95. The Bertz CT molecular complexity index is 1200.